The molecule has 192 valence electrons. The largest absolute Gasteiger partial charge is 0.492 e. The van der Waals surface area contributed by atoms with Gasteiger partial charge in [0.1, 0.15) is 31.1 Å². The van der Waals surface area contributed by atoms with E-state index in [1.165, 1.54) is 0 Å². The van der Waals surface area contributed by atoms with E-state index in [1.54, 1.807) is 4.90 Å². The molecule has 1 atom stereocenters. The molecule has 2 aliphatic rings. The average molecular weight is 520 g/mol. The number of aromatic nitrogens is 2. The number of carbonyl (C=O) groups is 1. The van der Waals surface area contributed by atoms with Crippen LogP contribution in [0.3, 0.4) is 0 Å². The first kappa shape index (κ1) is 25.2. The summed E-state index contributed by atoms with van der Waals surface area (Å²) in [6.45, 7) is 6.45. The van der Waals surface area contributed by atoms with Crippen LogP contribution in [0, 0.1) is 25.2 Å². The van der Waals surface area contributed by atoms with Gasteiger partial charge >= 0.3 is 0 Å². The first-order chi connectivity index (χ1) is 17.8. The molecule has 0 aliphatic carbocycles. The van der Waals surface area contributed by atoms with E-state index in [9.17, 15) is 19.7 Å². The third-order valence-corrected chi connectivity index (χ3v) is 10.5. The van der Waals surface area contributed by atoms with Gasteiger partial charge in [-0.3, -0.25) is 4.79 Å². The quantitative estimate of drug-likeness (QED) is 0.493. The highest BCUT2D eigenvalue weighted by atomic mass is 31.2. The van der Waals surface area contributed by atoms with Crippen molar-refractivity contribution in [3.8, 4) is 11.8 Å². The molecule has 0 radical (unpaired) electrons. The van der Waals surface area contributed by atoms with Crippen LogP contribution in [0.25, 0.3) is 10.9 Å². The summed E-state index contributed by atoms with van der Waals surface area (Å²) >= 11 is 0. The summed E-state index contributed by atoms with van der Waals surface area (Å²) in [5, 5.41) is 23.7. The van der Waals surface area contributed by atoms with Crippen molar-refractivity contribution in [2.24, 2.45) is 0 Å². The predicted molar refractivity (Wildman–Crippen MR) is 142 cm³/mol. The molecule has 0 unspecified atom stereocenters. The third kappa shape index (κ3) is 4.45. The number of nitrogens with zero attached hydrogens (tertiary/aromatic N) is 4. The summed E-state index contributed by atoms with van der Waals surface area (Å²) in [5.74, 6) is 1.58. The molecule has 1 fully saturated rings. The molecule has 10 heteroatoms. The van der Waals surface area contributed by atoms with E-state index in [1.807, 2.05) is 45.0 Å². The minimum atomic E-state index is -2.86. The van der Waals surface area contributed by atoms with Crippen LogP contribution < -0.4 is 15.4 Å². The van der Waals surface area contributed by atoms with Gasteiger partial charge < -0.3 is 24.6 Å². The minimum Gasteiger partial charge on any atom is -0.492 e. The summed E-state index contributed by atoms with van der Waals surface area (Å²) in [7, 11) is -2.86. The van der Waals surface area contributed by atoms with Crippen LogP contribution in [-0.2, 0) is 15.8 Å². The van der Waals surface area contributed by atoms with Gasteiger partial charge in [-0.15, -0.1) is 0 Å². The number of hydrogen-bond donors (Lipinski definition) is 2. The highest BCUT2D eigenvalue weighted by Gasteiger charge is 2.37. The Morgan fingerprint density at radius 3 is 2.76 bits per heavy atom. The zero-order valence-electron chi connectivity index (χ0n) is 21.2. The van der Waals surface area contributed by atoms with E-state index in [0.717, 1.165) is 27.6 Å². The van der Waals surface area contributed by atoms with Gasteiger partial charge in [-0.1, -0.05) is 12.1 Å². The van der Waals surface area contributed by atoms with E-state index >= 15 is 0 Å². The number of ether oxygens (including phenoxy) is 1. The monoisotopic (exact) mass is 519 g/mol. The highest BCUT2D eigenvalue weighted by molar-refractivity contribution is 7.72. The molecule has 2 N–H and O–H groups in total. The van der Waals surface area contributed by atoms with Crippen molar-refractivity contribution < 1.29 is 19.2 Å². The van der Waals surface area contributed by atoms with Gasteiger partial charge in [-0.25, -0.2) is 9.97 Å². The number of aryl methyl sites for hydroxylation is 1. The number of nitrogens with one attached hydrogen (secondary N) is 1. The number of carbonyl (C=O) groups excluding carboxylic acids is 1. The Hall–Kier alpha value is -3.47. The molecular formula is C27H30N5O4P. The maximum Gasteiger partial charge on any atom is 0.248 e. The molecule has 37 heavy (non-hydrogen) atoms. The second-order valence-corrected chi connectivity index (χ2v) is 12.8. The lowest BCUT2D eigenvalue weighted by Crippen LogP contribution is -2.42. The van der Waals surface area contributed by atoms with Crippen molar-refractivity contribution in [2.45, 2.75) is 33.2 Å². The van der Waals surface area contributed by atoms with Crippen LogP contribution >= 0.6 is 7.14 Å². The Balaban J connectivity index is 1.58. The Bertz CT molecular complexity index is 1490. The zero-order chi connectivity index (χ0) is 26.3. The second kappa shape index (κ2) is 9.77. The number of anilines is 1. The Morgan fingerprint density at radius 1 is 1.30 bits per heavy atom. The van der Waals surface area contributed by atoms with Crippen LogP contribution in [0.5, 0.6) is 5.75 Å². The molecule has 3 aromatic rings. The number of hydrogen-bond acceptors (Lipinski definition) is 8. The number of rotatable bonds is 5. The molecule has 0 bridgehead atoms. The molecular weight excluding hydrogens is 489 g/mol. The van der Waals surface area contributed by atoms with E-state index in [4.69, 9.17) is 14.7 Å². The molecule has 0 saturated carbocycles. The van der Waals surface area contributed by atoms with Gasteiger partial charge in [-0.05, 0) is 44.0 Å². The smallest absolute Gasteiger partial charge is 0.248 e. The lowest BCUT2D eigenvalue weighted by molar-refractivity contribution is -0.133. The van der Waals surface area contributed by atoms with Crippen molar-refractivity contribution in [3.63, 3.8) is 0 Å². The molecule has 5 rings (SSSR count). The van der Waals surface area contributed by atoms with Crippen LogP contribution in [0.15, 0.2) is 24.3 Å². The van der Waals surface area contributed by atoms with E-state index in [0.29, 0.717) is 66.7 Å². The van der Waals surface area contributed by atoms with Gasteiger partial charge in [0.25, 0.3) is 0 Å². The topological polar surface area (TPSA) is 128 Å². The lowest BCUT2D eigenvalue weighted by atomic mass is 9.98. The number of benzene rings is 2. The van der Waals surface area contributed by atoms with Crippen molar-refractivity contribution in [3.05, 3.63) is 52.3 Å². The van der Waals surface area contributed by atoms with Crippen molar-refractivity contribution in [1.29, 1.82) is 5.26 Å². The Kier molecular flexibility index (Phi) is 6.65. The van der Waals surface area contributed by atoms with Gasteiger partial charge in [0.2, 0.25) is 5.91 Å². The minimum absolute atomic E-state index is 0.137. The lowest BCUT2D eigenvalue weighted by Gasteiger charge is -2.33. The van der Waals surface area contributed by atoms with E-state index in [-0.39, 0.29) is 11.9 Å². The first-order valence-corrected chi connectivity index (χ1v) is 14.5. The highest BCUT2D eigenvalue weighted by Crippen LogP contribution is 2.51. The summed E-state index contributed by atoms with van der Waals surface area (Å²) in [5.41, 5.74) is 4.30. The van der Waals surface area contributed by atoms with Crippen LogP contribution in [0.1, 0.15) is 41.0 Å². The van der Waals surface area contributed by atoms with Gasteiger partial charge in [0.05, 0.1) is 35.1 Å². The normalized spacial score (nSPS) is 17.1. The van der Waals surface area contributed by atoms with Gasteiger partial charge in [0.15, 0.2) is 0 Å². The molecule has 9 nitrogen and oxygen atoms in total. The second-order valence-electron chi connectivity index (χ2n) is 9.69. The van der Waals surface area contributed by atoms with Gasteiger partial charge in [0, 0.05) is 42.8 Å². The molecule has 1 aromatic heterocycles. The van der Waals surface area contributed by atoms with Crippen LogP contribution in [0.4, 0.5) is 5.82 Å². The van der Waals surface area contributed by atoms with Crippen molar-refractivity contribution in [1.82, 2.24) is 14.9 Å². The third-order valence-electron chi connectivity index (χ3n) is 7.43. The predicted octanol–water partition coefficient (Wildman–Crippen LogP) is 3.05. The van der Waals surface area contributed by atoms with E-state index in [2.05, 4.69) is 11.4 Å². The zero-order valence-corrected chi connectivity index (χ0v) is 22.1. The number of aliphatic hydroxyl groups is 1. The molecule has 1 saturated heterocycles. The fourth-order valence-corrected chi connectivity index (χ4v) is 8.15. The number of amides is 1. The standard InChI is InChI=1S/C27H30N5O4P/c1-16-19(14-28)5-4-6-20(16)17(2)29-27-22-13-23(37(35)11-8-32(9-12-37)24(34)15-33)26-21(7-10-36-26)25(22)30-18(3)31-27/h4-6,13,17,33H,7-12,15H2,1-3H3,(H,29,30,31)/t17-/m1/s1. The summed E-state index contributed by atoms with van der Waals surface area (Å²) < 4.78 is 20.3. The van der Waals surface area contributed by atoms with Crippen LogP contribution in [0.2, 0.25) is 0 Å². The summed E-state index contributed by atoms with van der Waals surface area (Å²) in [6, 6.07) is 9.71. The van der Waals surface area contributed by atoms with Crippen LogP contribution in [-0.4, -0.2) is 64.5 Å². The molecule has 0 spiro atoms. The fraction of sp³-hybridized carbons (Fsp3) is 0.407. The van der Waals surface area contributed by atoms with Crippen molar-refractivity contribution in [2.75, 3.05) is 43.9 Å². The Morgan fingerprint density at radius 2 is 2.05 bits per heavy atom. The molecule has 3 heterocycles. The number of fused-ring (bicyclic) bond motifs is 3. The fourth-order valence-electron chi connectivity index (χ4n) is 5.38. The average Bonchev–Trinajstić information content (AvgIpc) is 3.38. The SMILES string of the molecule is Cc1nc(N[C@H](C)c2cccc(C#N)c2C)c2cc(P3(=O)CCN(C(=O)CO)CC3)c3c(c2n1)CCO3. The van der Waals surface area contributed by atoms with Gasteiger partial charge in [-0.2, -0.15) is 5.26 Å². The summed E-state index contributed by atoms with van der Waals surface area (Å²) in [6.07, 6.45) is 1.35. The summed E-state index contributed by atoms with van der Waals surface area (Å²) in [4.78, 5) is 23.0. The maximum atomic E-state index is 14.3. The van der Waals surface area contributed by atoms with Crippen molar-refractivity contribution >= 4 is 35.1 Å². The maximum absolute atomic E-state index is 14.3. The molecule has 1 amide bonds. The van der Waals surface area contributed by atoms with E-state index < -0.39 is 13.7 Å². The Labute approximate surface area is 215 Å². The molecule has 2 aliphatic heterocycles. The molecule has 2 aromatic carbocycles. The number of aliphatic hydroxyl groups excluding tert-OH is 1. The first-order valence-electron chi connectivity index (χ1n) is 12.5. The number of nitriles is 1.